The van der Waals surface area contributed by atoms with Crippen molar-refractivity contribution in [3.8, 4) is 152 Å². The Morgan fingerprint density at radius 3 is 1.00 bits per heavy atom. The molecule has 0 aliphatic rings. The molecule has 6 heterocycles. The normalized spacial score (nSPS) is 11.6. The summed E-state index contributed by atoms with van der Waals surface area (Å²) in [5, 5.41) is 8.30. The molecule has 0 saturated heterocycles. The number of pyridine rings is 2. The molecule has 0 bridgehead atoms. The Kier molecular flexibility index (Phi) is 17.0. The Balaban J connectivity index is 0.616. The van der Waals surface area contributed by atoms with E-state index in [-0.39, 0.29) is 0 Å². The molecule has 9 nitrogen and oxygen atoms in total. The molecule has 6 aromatic heterocycles. The average molecular weight is 1540 g/mol. The molecule has 121 heavy (non-hydrogen) atoms. The van der Waals surface area contributed by atoms with Crippen molar-refractivity contribution in [1.82, 2.24) is 44.4 Å². The van der Waals surface area contributed by atoms with Crippen molar-refractivity contribution in [2.75, 3.05) is 0 Å². The minimum absolute atomic E-state index is 0.656. The molecular formula is C112H69N9. The monoisotopic (exact) mass is 1540 g/mol. The third-order valence-electron chi connectivity index (χ3n) is 23.5. The first-order chi connectivity index (χ1) is 60.0. The largest absolute Gasteiger partial charge is 0.309 e. The maximum atomic E-state index is 5.95. The average Bonchev–Trinajstić information content (AvgIpc) is 1.48. The van der Waals surface area contributed by atoms with Crippen LogP contribution < -0.4 is 0 Å². The standard InChI is InChI=1S/C112H69N9/c1-8-30-72(31-9-1)89-67-92-100(110-108(89)117-104(75-36-14-4-15-37-75)106(119-110)77-40-18-6-19-41-77)87-49-22-25-51-94(87)113-102(92)83-46-28-44-80(64-83)71-58-61-85(62-59-71)121-98-53-27-24-48-86(98)91-66-81(60-63-99(91)121)70-54-56-78(57-55-70)107-105(76-38-16-5-17-39-76)118-109-90(73-32-10-2-11-33-73)68-93-101(111(109)120-107)88-50-23-26-52-95(88)114-103(93)84-47-29-45-82(65-84)97-69-96(74-34-12-3-13-35-74)115-112(116-97)79-42-20-7-21-43-79/h1-69H. The number of nitrogens with zero attached hydrogens (tertiary/aromatic N) is 9. The molecule has 17 aromatic carbocycles. The second-order valence-electron chi connectivity index (χ2n) is 30.8. The van der Waals surface area contributed by atoms with Gasteiger partial charge in [-0.3, -0.25) is 0 Å². The summed E-state index contributed by atoms with van der Waals surface area (Å²) in [5.74, 6) is 0.656. The Labute approximate surface area is 697 Å². The molecule has 0 unspecified atom stereocenters. The van der Waals surface area contributed by atoms with Crippen molar-refractivity contribution < 1.29 is 0 Å². The van der Waals surface area contributed by atoms with Gasteiger partial charge in [-0.2, -0.15) is 0 Å². The van der Waals surface area contributed by atoms with E-state index in [4.69, 9.17) is 39.9 Å². The van der Waals surface area contributed by atoms with E-state index in [0.717, 1.165) is 228 Å². The van der Waals surface area contributed by atoms with Gasteiger partial charge in [-0.15, -0.1) is 0 Å². The second kappa shape index (κ2) is 29.4. The fourth-order valence-electron chi connectivity index (χ4n) is 17.8. The summed E-state index contributed by atoms with van der Waals surface area (Å²) in [6, 6.07) is 148. The number of hydrogen-bond acceptors (Lipinski definition) is 8. The van der Waals surface area contributed by atoms with Crippen LogP contribution in [0.4, 0.5) is 0 Å². The van der Waals surface area contributed by atoms with Crippen LogP contribution in [0.5, 0.6) is 0 Å². The van der Waals surface area contributed by atoms with Crippen LogP contribution in [0.3, 0.4) is 0 Å². The molecule has 0 aliphatic carbocycles. The van der Waals surface area contributed by atoms with E-state index >= 15 is 0 Å². The lowest BCUT2D eigenvalue weighted by atomic mass is 9.92. The molecule has 0 amide bonds. The van der Waals surface area contributed by atoms with Gasteiger partial charge in [0.05, 0.1) is 89.7 Å². The highest BCUT2D eigenvalue weighted by Gasteiger charge is 2.27. The predicted molar refractivity (Wildman–Crippen MR) is 499 cm³/mol. The van der Waals surface area contributed by atoms with Crippen LogP contribution >= 0.6 is 0 Å². The third-order valence-corrected chi connectivity index (χ3v) is 23.5. The van der Waals surface area contributed by atoms with Gasteiger partial charge in [-0.05, 0) is 106 Å². The highest BCUT2D eigenvalue weighted by atomic mass is 15.0. The molecule has 562 valence electrons. The molecule has 0 radical (unpaired) electrons. The van der Waals surface area contributed by atoms with Crippen LogP contribution in [-0.2, 0) is 0 Å². The fourth-order valence-corrected chi connectivity index (χ4v) is 17.8. The lowest BCUT2D eigenvalue weighted by Crippen LogP contribution is -2.00. The molecule has 0 N–H and O–H groups in total. The van der Waals surface area contributed by atoms with Crippen LogP contribution in [0.1, 0.15) is 0 Å². The Bertz CT molecular complexity index is 7950. The van der Waals surface area contributed by atoms with Crippen molar-refractivity contribution in [1.29, 1.82) is 0 Å². The number of aromatic nitrogens is 9. The molecule has 9 heteroatoms. The number of para-hydroxylation sites is 3. The fraction of sp³-hybridized carbons (Fsp3) is 0. The zero-order chi connectivity index (χ0) is 79.9. The maximum Gasteiger partial charge on any atom is 0.160 e. The van der Waals surface area contributed by atoms with Crippen molar-refractivity contribution in [3.63, 3.8) is 0 Å². The molecule has 0 saturated carbocycles. The Morgan fingerprint density at radius 2 is 0.504 bits per heavy atom. The van der Waals surface area contributed by atoms with Crippen LogP contribution in [0.2, 0.25) is 0 Å². The van der Waals surface area contributed by atoms with Gasteiger partial charge in [0.2, 0.25) is 0 Å². The van der Waals surface area contributed by atoms with Gasteiger partial charge in [-0.25, -0.2) is 39.9 Å². The van der Waals surface area contributed by atoms with Crippen molar-refractivity contribution in [3.05, 3.63) is 419 Å². The summed E-state index contributed by atoms with van der Waals surface area (Å²) < 4.78 is 2.39. The topological polar surface area (TPSA) is 108 Å². The van der Waals surface area contributed by atoms with Crippen LogP contribution in [0, 0.1) is 0 Å². The number of benzene rings is 17. The second-order valence-corrected chi connectivity index (χ2v) is 30.8. The number of rotatable bonds is 14. The number of fused-ring (bicyclic) bond motifs is 13. The van der Waals surface area contributed by atoms with Crippen LogP contribution in [-0.4, -0.2) is 44.4 Å². The Morgan fingerprint density at radius 1 is 0.165 bits per heavy atom. The summed E-state index contributed by atoms with van der Waals surface area (Å²) in [7, 11) is 0. The minimum Gasteiger partial charge on any atom is -0.309 e. The van der Waals surface area contributed by atoms with E-state index < -0.39 is 0 Å². The first kappa shape index (κ1) is 70.1. The summed E-state index contributed by atoms with van der Waals surface area (Å²) in [4.78, 5) is 44.7. The minimum atomic E-state index is 0.656. The van der Waals surface area contributed by atoms with Gasteiger partial charge >= 0.3 is 0 Å². The predicted octanol–water partition coefficient (Wildman–Crippen LogP) is 28.5. The molecule has 23 aromatic rings. The number of hydrogen-bond donors (Lipinski definition) is 0. The molecular weight excluding hydrogens is 1470 g/mol. The van der Waals surface area contributed by atoms with Crippen molar-refractivity contribution in [2.24, 2.45) is 0 Å². The van der Waals surface area contributed by atoms with Gasteiger partial charge in [-0.1, -0.05) is 346 Å². The Hall–Kier alpha value is -16.4. The van der Waals surface area contributed by atoms with E-state index in [9.17, 15) is 0 Å². The third kappa shape index (κ3) is 12.4. The van der Waals surface area contributed by atoms with E-state index in [1.807, 2.05) is 48.5 Å². The quantitative estimate of drug-likeness (QED) is 0.0991. The van der Waals surface area contributed by atoms with Crippen molar-refractivity contribution in [2.45, 2.75) is 0 Å². The highest BCUT2D eigenvalue weighted by molar-refractivity contribution is 6.26. The summed E-state index contributed by atoms with van der Waals surface area (Å²) >= 11 is 0. The van der Waals surface area contributed by atoms with Gasteiger partial charge in [0.1, 0.15) is 0 Å². The van der Waals surface area contributed by atoms with Gasteiger partial charge in [0.25, 0.3) is 0 Å². The zero-order valence-electron chi connectivity index (χ0n) is 65.4. The first-order valence-corrected chi connectivity index (χ1v) is 40.9. The van der Waals surface area contributed by atoms with Crippen LogP contribution in [0.15, 0.2) is 419 Å². The SMILES string of the molecule is c1ccc(-c2cc(-c3cccc(-c4nc5ccccc5c5c4cc(-c4ccccc4)c4nc(-c6ccccc6)c(-c6ccc(-c7ccc8c(c7)c7ccccc7n8-c7ccc(-c8cccc(-c9nc%10ccccc%10c%10c9cc(-c9ccccc9)c9nc(-c%11ccccc%11)c(-c%11ccccc%11)nc9%10)c8)cc7)cc6)nc45)c3)nc(-c3ccccc3)n2)cc1. The zero-order valence-corrected chi connectivity index (χ0v) is 65.4. The molecule has 23 rings (SSSR count). The smallest absolute Gasteiger partial charge is 0.160 e. The van der Waals surface area contributed by atoms with Gasteiger partial charge < -0.3 is 4.57 Å². The van der Waals surface area contributed by atoms with E-state index in [0.29, 0.717) is 5.82 Å². The summed E-state index contributed by atoms with van der Waals surface area (Å²) in [5.41, 5.74) is 32.0. The molecule has 0 atom stereocenters. The maximum absolute atomic E-state index is 5.95. The molecule has 0 aliphatic heterocycles. The van der Waals surface area contributed by atoms with E-state index in [2.05, 4.69) is 375 Å². The van der Waals surface area contributed by atoms with E-state index in [1.54, 1.807) is 0 Å². The molecule has 0 fully saturated rings. The highest BCUT2D eigenvalue weighted by Crippen LogP contribution is 2.48. The van der Waals surface area contributed by atoms with Gasteiger partial charge in [0.15, 0.2) is 5.82 Å². The lowest BCUT2D eigenvalue weighted by Gasteiger charge is -2.18. The van der Waals surface area contributed by atoms with Crippen LogP contribution in [0.25, 0.3) is 239 Å². The summed E-state index contributed by atoms with van der Waals surface area (Å²) in [6.45, 7) is 0. The summed E-state index contributed by atoms with van der Waals surface area (Å²) in [6.07, 6.45) is 0. The van der Waals surface area contributed by atoms with E-state index in [1.165, 1.54) is 5.39 Å². The molecule has 0 spiro atoms. The van der Waals surface area contributed by atoms with Gasteiger partial charge in [0, 0.05) is 110 Å². The first-order valence-electron chi connectivity index (χ1n) is 40.9. The lowest BCUT2D eigenvalue weighted by molar-refractivity contribution is 1.18. The van der Waals surface area contributed by atoms with Crippen molar-refractivity contribution >= 4 is 87.2 Å².